The molecule has 6 rings (SSSR count). The topological polar surface area (TPSA) is 127 Å². The van der Waals surface area contributed by atoms with Crippen LogP contribution in [0.1, 0.15) is 11.1 Å². The number of fused-ring (bicyclic) bond motifs is 2. The maximum Gasteiger partial charge on any atom is 0.246 e. The van der Waals surface area contributed by atoms with Gasteiger partial charge in [0, 0.05) is 50.5 Å². The summed E-state index contributed by atoms with van der Waals surface area (Å²) in [7, 11) is 1.72. The van der Waals surface area contributed by atoms with E-state index in [4.69, 9.17) is 9.72 Å². The maximum atomic E-state index is 15.1. The van der Waals surface area contributed by atoms with E-state index in [2.05, 4.69) is 37.2 Å². The van der Waals surface area contributed by atoms with Crippen LogP contribution in [0, 0.1) is 19.7 Å². The molecule has 0 aliphatic carbocycles. The van der Waals surface area contributed by atoms with Crippen molar-refractivity contribution in [1.82, 2.24) is 39.8 Å². The molecule has 0 atom stereocenters. The number of rotatable bonds is 6. The number of aromatic nitrogens is 7. The number of nitrogens with one attached hydrogen (secondary N) is 1. The van der Waals surface area contributed by atoms with Gasteiger partial charge in [0.1, 0.15) is 28.6 Å². The molecule has 1 fully saturated rings. The van der Waals surface area contributed by atoms with Crippen LogP contribution in [0.15, 0.2) is 49.4 Å². The van der Waals surface area contributed by atoms with Gasteiger partial charge in [-0.15, -0.1) is 5.10 Å². The highest BCUT2D eigenvalue weighted by molar-refractivity contribution is 5.88. The van der Waals surface area contributed by atoms with Gasteiger partial charge in [-0.2, -0.15) is 0 Å². The van der Waals surface area contributed by atoms with Crippen LogP contribution >= 0.6 is 0 Å². The molecule has 1 amide bonds. The average Bonchev–Trinajstić information content (AvgIpc) is 3.36. The minimum Gasteiger partial charge on any atom is -0.454 e. The predicted molar refractivity (Wildman–Crippen MR) is 152 cm³/mol. The molecule has 208 valence electrons. The van der Waals surface area contributed by atoms with Crippen LogP contribution in [0.2, 0.25) is 0 Å². The number of carbonyl (C=O) groups is 1. The fourth-order valence-corrected chi connectivity index (χ4v) is 4.90. The number of anilines is 3. The molecule has 4 heterocycles. The average molecular weight is 555 g/mol. The second-order valence-electron chi connectivity index (χ2n) is 9.74. The molecule has 3 aromatic heterocycles. The summed E-state index contributed by atoms with van der Waals surface area (Å²) in [6.07, 6.45) is 4.44. The van der Waals surface area contributed by atoms with Gasteiger partial charge in [-0.05, 0) is 43.7 Å². The number of piperazine rings is 1. The molecular formula is C28H27FN10O2. The monoisotopic (exact) mass is 554 g/mol. The van der Waals surface area contributed by atoms with Crippen molar-refractivity contribution in [3.05, 3.63) is 66.4 Å². The normalized spacial score (nSPS) is 13.6. The number of halogens is 1. The van der Waals surface area contributed by atoms with Gasteiger partial charge in [0.25, 0.3) is 0 Å². The lowest BCUT2D eigenvalue weighted by Crippen LogP contribution is -2.48. The molecule has 0 saturated carbocycles. The summed E-state index contributed by atoms with van der Waals surface area (Å²) in [6.45, 7) is 9.45. The summed E-state index contributed by atoms with van der Waals surface area (Å²) in [6, 6.07) is 7.02. The number of aryl methyl sites for hydroxylation is 3. The summed E-state index contributed by atoms with van der Waals surface area (Å²) in [5, 5.41) is 11.4. The molecule has 1 aliphatic rings. The minimum atomic E-state index is -0.457. The van der Waals surface area contributed by atoms with Crippen LogP contribution in [0.3, 0.4) is 0 Å². The van der Waals surface area contributed by atoms with Crippen molar-refractivity contribution in [2.75, 3.05) is 36.4 Å². The summed E-state index contributed by atoms with van der Waals surface area (Å²) in [4.78, 5) is 33.7. The van der Waals surface area contributed by atoms with Gasteiger partial charge < -0.3 is 19.9 Å². The van der Waals surface area contributed by atoms with Crippen LogP contribution in [-0.2, 0) is 11.8 Å². The zero-order chi connectivity index (χ0) is 28.7. The molecule has 41 heavy (non-hydrogen) atoms. The Kier molecular flexibility index (Phi) is 6.61. The first-order valence-corrected chi connectivity index (χ1v) is 13.0. The fourth-order valence-electron chi connectivity index (χ4n) is 4.90. The van der Waals surface area contributed by atoms with E-state index < -0.39 is 5.82 Å². The quantitative estimate of drug-likeness (QED) is 0.309. The van der Waals surface area contributed by atoms with Crippen LogP contribution in [0.25, 0.3) is 22.1 Å². The lowest BCUT2D eigenvalue weighted by molar-refractivity contribution is -0.126. The van der Waals surface area contributed by atoms with Gasteiger partial charge in [-0.3, -0.25) is 4.79 Å². The highest BCUT2D eigenvalue weighted by atomic mass is 19.1. The second kappa shape index (κ2) is 10.4. The van der Waals surface area contributed by atoms with Crippen molar-refractivity contribution in [2.24, 2.45) is 7.05 Å². The number of nitrogens with zero attached hydrogens (tertiary/aromatic N) is 9. The Morgan fingerprint density at radius 1 is 1.07 bits per heavy atom. The number of carbonyl (C=O) groups excluding carboxylic acids is 1. The first kappa shape index (κ1) is 26.0. The Hall–Kier alpha value is -5.20. The van der Waals surface area contributed by atoms with Gasteiger partial charge in [0.05, 0.1) is 11.7 Å². The van der Waals surface area contributed by atoms with Gasteiger partial charge in [0.2, 0.25) is 11.9 Å². The van der Waals surface area contributed by atoms with E-state index in [9.17, 15) is 4.79 Å². The van der Waals surface area contributed by atoms with Crippen molar-refractivity contribution in [2.45, 2.75) is 13.8 Å². The third-order valence-corrected chi connectivity index (χ3v) is 7.09. The number of ether oxygens (including phenoxy) is 1. The first-order valence-electron chi connectivity index (χ1n) is 13.0. The van der Waals surface area contributed by atoms with E-state index in [1.807, 2.05) is 24.0 Å². The number of hydrogen-bond acceptors (Lipinski definition) is 10. The molecule has 0 bridgehead atoms. The Bertz CT molecular complexity index is 1810. The van der Waals surface area contributed by atoms with Gasteiger partial charge in [-0.25, -0.2) is 29.0 Å². The summed E-state index contributed by atoms with van der Waals surface area (Å²) in [5.41, 5.74) is 4.29. The minimum absolute atomic E-state index is 0.0810. The first-order chi connectivity index (χ1) is 19.8. The summed E-state index contributed by atoms with van der Waals surface area (Å²) < 4.78 is 22.6. The summed E-state index contributed by atoms with van der Waals surface area (Å²) >= 11 is 0. The lowest BCUT2D eigenvalue weighted by atomic mass is 10.1. The molecule has 1 aliphatic heterocycles. The van der Waals surface area contributed by atoms with Crippen molar-refractivity contribution in [3.8, 4) is 11.5 Å². The van der Waals surface area contributed by atoms with Gasteiger partial charge in [-0.1, -0.05) is 11.8 Å². The van der Waals surface area contributed by atoms with Crippen molar-refractivity contribution >= 4 is 45.4 Å². The zero-order valence-electron chi connectivity index (χ0n) is 22.8. The van der Waals surface area contributed by atoms with Crippen LogP contribution in [0.4, 0.5) is 21.8 Å². The van der Waals surface area contributed by atoms with E-state index in [1.54, 1.807) is 41.9 Å². The Morgan fingerprint density at radius 2 is 1.88 bits per heavy atom. The van der Waals surface area contributed by atoms with Crippen molar-refractivity contribution < 1.29 is 13.9 Å². The standard InChI is InChI=1S/C28H27FN10O2/c1-5-23(40)38-8-10-39(11-9-38)28-30-14-20-25(34-28)27(32-15-31-20)33-18-6-7-21(16(2)12-18)41-22-13-19-26(17(3)24(22)29)37(4)36-35-19/h5-7,12-15H,1,8-11H2,2-4H3,(H,31,32,33). The zero-order valence-corrected chi connectivity index (χ0v) is 22.8. The van der Waals surface area contributed by atoms with Gasteiger partial charge in [0.15, 0.2) is 17.4 Å². The molecule has 1 N–H and O–H groups in total. The van der Waals surface area contributed by atoms with E-state index in [-0.39, 0.29) is 11.7 Å². The third-order valence-electron chi connectivity index (χ3n) is 7.09. The SMILES string of the molecule is C=CC(=O)N1CCN(c2ncc3ncnc(Nc4ccc(Oc5cc6nnn(C)c6c(C)c5F)c(C)c4)c3n2)CC1. The third kappa shape index (κ3) is 4.86. The highest BCUT2D eigenvalue weighted by Crippen LogP contribution is 2.34. The van der Waals surface area contributed by atoms with E-state index >= 15 is 4.39 Å². The van der Waals surface area contributed by atoms with Crippen LogP contribution in [-0.4, -0.2) is 71.9 Å². The molecule has 12 nitrogen and oxygen atoms in total. The Morgan fingerprint density at radius 3 is 2.63 bits per heavy atom. The van der Waals surface area contributed by atoms with Crippen molar-refractivity contribution in [1.29, 1.82) is 0 Å². The molecular weight excluding hydrogens is 527 g/mol. The molecule has 5 aromatic rings. The van der Waals surface area contributed by atoms with E-state index in [0.29, 0.717) is 71.3 Å². The fraction of sp³-hybridized carbons (Fsp3) is 0.250. The maximum absolute atomic E-state index is 15.1. The summed E-state index contributed by atoms with van der Waals surface area (Å²) in [5.74, 6) is 1.10. The smallest absolute Gasteiger partial charge is 0.246 e. The van der Waals surface area contributed by atoms with E-state index in [0.717, 1.165) is 11.3 Å². The predicted octanol–water partition coefficient (Wildman–Crippen LogP) is 3.83. The van der Waals surface area contributed by atoms with Crippen molar-refractivity contribution in [3.63, 3.8) is 0 Å². The molecule has 13 heteroatoms. The van der Waals surface area contributed by atoms with E-state index in [1.165, 1.54) is 12.4 Å². The molecule has 2 aromatic carbocycles. The number of amides is 1. The largest absolute Gasteiger partial charge is 0.454 e. The lowest BCUT2D eigenvalue weighted by Gasteiger charge is -2.34. The number of benzene rings is 2. The molecule has 0 spiro atoms. The highest BCUT2D eigenvalue weighted by Gasteiger charge is 2.22. The second-order valence-corrected chi connectivity index (χ2v) is 9.74. The Labute approximate surface area is 234 Å². The number of hydrogen-bond donors (Lipinski definition) is 1. The van der Waals surface area contributed by atoms with Crippen LogP contribution in [0.5, 0.6) is 11.5 Å². The van der Waals surface area contributed by atoms with Gasteiger partial charge >= 0.3 is 0 Å². The molecule has 0 radical (unpaired) electrons. The molecule has 0 unspecified atom stereocenters. The molecule has 1 saturated heterocycles. The Balaban J connectivity index is 1.23. The van der Waals surface area contributed by atoms with Crippen LogP contribution < -0.4 is 15.0 Å².